The number of rotatable bonds is 7. The van der Waals surface area contributed by atoms with Crippen LogP contribution in [-0.2, 0) is 11.2 Å². The van der Waals surface area contributed by atoms with Crippen molar-refractivity contribution in [3.8, 4) is 0 Å². The summed E-state index contributed by atoms with van der Waals surface area (Å²) in [5.74, 6) is -0.396. The van der Waals surface area contributed by atoms with Gasteiger partial charge in [-0.15, -0.1) is 0 Å². The minimum absolute atomic E-state index is 0.0298. The minimum atomic E-state index is -0.935. The van der Waals surface area contributed by atoms with Gasteiger partial charge in [0.1, 0.15) is 0 Å². The highest BCUT2D eigenvalue weighted by Crippen LogP contribution is 2.32. The fraction of sp³-hybridized carbons (Fsp3) is 0.500. The van der Waals surface area contributed by atoms with E-state index in [9.17, 15) is 9.59 Å². The highest BCUT2D eigenvalue weighted by atomic mass is 16.4. The van der Waals surface area contributed by atoms with E-state index in [4.69, 9.17) is 10.8 Å². The van der Waals surface area contributed by atoms with E-state index < -0.39 is 5.97 Å². The molecule has 0 saturated heterocycles. The zero-order chi connectivity index (χ0) is 15.4. The molecule has 1 atom stereocenters. The van der Waals surface area contributed by atoms with Gasteiger partial charge in [0.25, 0.3) is 0 Å². The lowest BCUT2D eigenvalue weighted by molar-refractivity contribution is -0.130. The van der Waals surface area contributed by atoms with Crippen LogP contribution in [0.2, 0.25) is 0 Å². The standard InChI is InChI=1S/C16H22N2O3/c1-18(15(19)10-14(17)12-6-7-12)9-8-11-4-2-3-5-13(11)16(20)21/h2-5,12,14H,6-10,17H2,1H3,(H,20,21). The fourth-order valence-electron chi connectivity index (χ4n) is 2.41. The van der Waals surface area contributed by atoms with Crippen molar-refractivity contribution in [1.29, 1.82) is 0 Å². The summed E-state index contributed by atoms with van der Waals surface area (Å²) in [6.07, 6.45) is 3.17. The number of aromatic carboxylic acids is 1. The van der Waals surface area contributed by atoms with Gasteiger partial charge >= 0.3 is 5.97 Å². The van der Waals surface area contributed by atoms with Gasteiger partial charge in [0.05, 0.1) is 5.56 Å². The van der Waals surface area contributed by atoms with Crippen molar-refractivity contribution in [2.45, 2.75) is 31.7 Å². The Kier molecular flexibility index (Phi) is 4.96. The molecule has 3 N–H and O–H groups in total. The maximum absolute atomic E-state index is 12.1. The summed E-state index contributed by atoms with van der Waals surface area (Å²) in [5, 5.41) is 9.13. The number of carbonyl (C=O) groups is 2. The van der Waals surface area contributed by atoms with Crippen molar-refractivity contribution in [3.63, 3.8) is 0 Å². The van der Waals surface area contributed by atoms with E-state index in [1.54, 1.807) is 30.1 Å². The van der Waals surface area contributed by atoms with Gasteiger partial charge in [-0.3, -0.25) is 4.79 Å². The van der Waals surface area contributed by atoms with Crippen LogP contribution in [0.5, 0.6) is 0 Å². The van der Waals surface area contributed by atoms with E-state index in [1.807, 2.05) is 6.07 Å². The monoisotopic (exact) mass is 290 g/mol. The van der Waals surface area contributed by atoms with Crippen LogP contribution in [0.3, 0.4) is 0 Å². The molecule has 1 aliphatic rings. The van der Waals surface area contributed by atoms with Crippen molar-refractivity contribution in [1.82, 2.24) is 4.90 Å². The molecular formula is C16H22N2O3. The molecule has 1 aliphatic carbocycles. The molecule has 5 nitrogen and oxygen atoms in total. The molecule has 0 aliphatic heterocycles. The topological polar surface area (TPSA) is 83.6 Å². The second-order valence-corrected chi connectivity index (χ2v) is 5.73. The van der Waals surface area contributed by atoms with Crippen LogP contribution in [0.15, 0.2) is 24.3 Å². The lowest BCUT2D eigenvalue weighted by Crippen LogP contribution is -2.35. The first kappa shape index (κ1) is 15.5. The van der Waals surface area contributed by atoms with Crippen molar-refractivity contribution >= 4 is 11.9 Å². The lowest BCUT2D eigenvalue weighted by atomic mass is 10.0. The van der Waals surface area contributed by atoms with Crippen LogP contribution < -0.4 is 5.73 Å². The summed E-state index contributed by atoms with van der Waals surface area (Å²) >= 11 is 0. The molecule has 114 valence electrons. The molecule has 1 amide bonds. The summed E-state index contributed by atoms with van der Waals surface area (Å²) in [7, 11) is 1.74. The van der Waals surface area contributed by atoms with Crippen LogP contribution in [0.1, 0.15) is 35.2 Å². The number of hydrogen-bond donors (Lipinski definition) is 2. The summed E-state index contributed by atoms with van der Waals surface area (Å²) in [5.41, 5.74) is 7.01. The Morgan fingerprint density at radius 3 is 2.67 bits per heavy atom. The molecule has 1 unspecified atom stereocenters. The maximum Gasteiger partial charge on any atom is 0.335 e. The molecular weight excluding hydrogens is 268 g/mol. The van der Waals surface area contributed by atoms with Crippen LogP contribution in [0, 0.1) is 5.92 Å². The molecule has 21 heavy (non-hydrogen) atoms. The largest absolute Gasteiger partial charge is 0.478 e. The van der Waals surface area contributed by atoms with Crippen LogP contribution >= 0.6 is 0 Å². The molecule has 0 radical (unpaired) electrons. The molecule has 0 bridgehead atoms. The number of carboxylic acid groups (broad SMARTS) is 1. The van der Waals surface area contributed by atoms with Gasteiger partial charge < -0.3 is 15.7 Å². The number of amides is 1. The first-order valence-electron chi connectivity index (χ1n) is 7.29. The van der Waals surface area contributed by atoms with Crippen LogP contribution in [0.25, 0.3) is 0 Å². The first-order chi connectivity index (χ1) is 9.99. The second kappa shape index (κ2) is 6.72. The Labute approximate surface area is 124 Å². The summed E-state index contributed by atoms with van der Waals surface area (Å²) in [6, 6.07) is 6.86. The molecule has 0 spiro atoms. The van der Waals surface area contributed by atoms with Gasteiger partial charge in [-0.05, 0) is 36.8 Å². The van der Waals surface area contributed by atoms with Crippen LogP contribution in [-0.4, -0.2) is 41.5 Å². The third kappa shape index (κ3) is 4.29. The molecule has 1 aromatic carbocycles. The van der Waals surface area contributed by atoms with Crippen LogP contribution in [0.4, 0.5) is 0 Å². The average molecular weight is 290 g/mol. The highest BCUT2D eigenvalue weighted by molar-refractivity contribution is 5.89. The fourth-order valence-corrected chi connectivity index (χ4v) is 2.41. The summed E-state index contributed by atoms with van der Waals surface area (Å²) in [6.45, 7) is 0.501. The van der Waals surface area contributed by atoms with Crippen molar-refractivity contribution < 1.29 is 14.7 Å². The highest BCUT2D eigenvalue weighted by Gasteiger charge is 2.30. The van der Waals surface area contributed by atoms with Gasteiger partial charge in [0.15, 0.2) is 0 Å². The van der Waals surface area contributed by atoms with E-state index in [0.29, 0.717) is 30.9 Å². The second-order valence-electron chi connectivity index (χ2n) is 5.73. The number of hydrogen-bond acceptors (Lipinski definition) is 3. The van der Waals surface area contributed by atoms with E-state index in [2.05, 4.69) is 0 Å². The Hall–Kier alpha value is -1.88. The zero-order valence-electron chi connectivity index (χ0n) is 12.3. The Balaban J connectivity index is 1.87. The minimum Gasteiger partial charge on any atom is -0.478 e. The SMILES string of the molecule is CN(CCc1ccccc1C(=O)O)C(=O)CC(N)C1CC1. The molecule has 1 fully saturated rings. The van der Waals surface area contributed by atoms with Gasteiger partial charge in [0.2, 0.25) is 5.91 Å². The average Bonchev–Trinajstić information content (AvgIpc) is 3.29. The van der Waals surface area contributed by atoms with Crippen molar-refractivity contribution in [2.75, 3.05) is 13.6 Å². The molecule has 0 heterocycles. The number of nitrogens with two attached hydrogens (primary N) is 1. The van der Waals surface area contributed by atoms with E-state index >= 15 is 0 Å². The van der Waals surface area contributed by atoms with Gasteiger partial charge in [-0.25, -0.2) is 4.79 Å². The zero-order valence-corrected chi connectivity index (χ0v) is 12.3. The smallest absolute Gasteiger partial charge is 0.335 e. The number of carboxylic acids is 1. The van der Waals surface area contributed by atoms with Crippen molar-refractivity contribution in [2.24, 2.45) is 11.7 Å². The molecule has 1 aromatic rings. The van der Waals surface area contributed by atoms with Crippen molar-refractivity contribution in [3.05, 3.63) is 35.4 Å². The number of nitrogens with zero attached hydrogens (tertiary/aromatic N) is 1. The predicted molar refractivity (Wildman–Crippen MR) is 80.1 cm³/mol. The Morgan fingerprint density at radius 2 is 2.05 bits per heavy atom. The molecule has 2 rings (SSSR count). The summed E-state index contributed by atoms with van der Waals surface area (Å²) in [4.78, 5) is 24.8. The number of carbonyl (C=O) groups excluding carboxylic acids is 1. The third-order valence-corrected chi connectivity index (χ3v) is 4.03. The quantitative estimate of drug-likeness (QED) is 0.797. The van der Waals surface area contributed by atoms with Gasteiger partial charge in [-0.1, -0.05) is 18.2 Å². The molecule has 1 saturated carbocycles. The predicted octanol–water partition coefficient (Wildman–Crippen LogP) is 1.51. The molecule has 0 aromatic heterocycles. The lowest BCUT2D eigenvalue weighted by Gasteiger charge is -2.20. The van der Waals surface area contributed by atoms with E-state index in [1.165, 1.54) is 0 Å². The Morgan fingerprint density at radius 1 is 1.38 bits per heavy atom. The summed E-state index contributed by atoms with van der Waals surface area (Å²) < 4.78 is 0. The molecule has 5 heteroatoms. The Bertz CT molecular complexity index is 526. The maximum atomic E-state index is 12.1. The first-order valence-corrected chi connectivity index (χ1v) is 7.29. The van der Waals surface area contributed by atoms with Gasteiger partial charge in [-0.2, -0.15) is 0 Å². The number of likely N-dealkylation sites (N-methyl/N-ethyl adjacent to an activating group) is 1. The normalized spacial score (nSPS) is 15.5. The van der Waals surface area contributed by atoms with Gasteiger partial charge in [0, 0.05) is 26.1 Å². The number of benzene rings is 1. The van der Waals surface area contributed by atoms with E-state index in [-0.39, 0.29) is 11.9 Å². The van der Waals surface area contributed by atoms with E-state index in [0.717, 1.165) is 18.4 Å². The third-order valence-electron chi connectivity index (χ3n) is 4.03.